The Morgan fingerprint density at radius 2 is 1.80 bits per heavy atom. The summed E-state index contributed by atoms with van der Waals surface area (Å²) in [6.07, 6.45) is 13.2. The molecule has 0 aliphatic heterocycles. The topological polar surface area (TPSA) is 79.5 Å². The molecule has 164 valence electrons. The van der Waals surface area contributed by atoms with Gasteiger partial charge in [-0.1, -0.05) is 18.2 Å². The molecule has 2 fully saturated rings. The molecule has 5 heteroatoms. The van der Waals surface area contributed by atoms with Crippen molar-refractivity contribution >= 4 is 17.4 Å². The predicted octanol–water partition coefficient (Wildman–Crippen LogP) is 4.90. The van der Waals surface area contributed by atoms with Gasteiger partial charge in [-0.15, -0.1) is 6.58 Å². The Hall–Kier alpha value is -2.14. The van der Waals surface area contributed by atoms with Gasteiger partial charge in [-0.2, -0.15) is 0 Å². The molecule has 1 aromatic rings. The number of nitrogens with zero attached hydrogens (tertiary/aromatic N) is 1. The van der Waals surface area contributed by atoms with E-state index in [-0.39, 0.29) is 5.78 Å². The molecule has 0 amide bonds. The Labute approximate surface area is 181 Å². The first-order valence-corrected chi connectivity index (χ1v) is 11.6. The number of nitrogens with one attached hydrogen (secondary N) is 2. The van der Waals surface area contributed by atoms with Gasteiger partial charge < -0.3 is 16.4 Å². The van der Waals surface area contributed by atoms with Crippen LogP contribution in [0.15, 0.2) is 41.9 Å². The number of hydrogen-bond acceptors (Lipinski definition) is 3. The van der Waals surface area contributed by atoms with Gasteiger partial charge in [0.2, 0.25) is 0 Å². The molecule has 2 saturated carbocycles. The van der Waals surface area contributed by atoms with E-state index in [1.807, 2.05) is 24.3 Å². The van der Waals surface area contributed by atoms with Gasteiger partial charge in [0.25, 0.3) is 0 Å². The second-order valence-electron chi connectivity index (χ2n) is 9.12. The van der Waals surface area contributed by atoms with Crippen molar-refractivity contribution in [1.29, 1.82) is 0 Å². The fraction of sp³-hybridized carbons (Fsp3) is 0.600. The SMILES string of the molecule is C=CCN=C(Nc1cccc(C(C)=O)c1)NC1CCC(CC2CCC(N)CC2)CC1. The maximum atomic E-state index is 11.7. The molecule has 3 rings (SSSR count). The fourth-order valence-electron chi connectivity index (χ4n) is 4.86. The van der Waals surface area contributed by atoms with Gasteiger partial charge in [0.1, 0.15) is 0 Å². The Morgan fingerprint density at radius 1 is 1.13 bits per heavy atom. The van der Waals surface area contributed by atoms with Crippen LogP contribution in [0.5, 0.6) is 0 Å². The zero-order chi connectivity index (χ0) is 21.3. The summed E-state index contributed by atoms with van der Waals surface area (Å²) in [6.45, 7) is 5.92. The third-order valence-corrected chi connectivity index (χ3v) is 6.66. The zero-order valence-corrected chi connectivity index (χ0v) is 18.4. The molecule has 0 aromatic heterocycles. The maximum absolute atomic E-state index is 11.7. The first-order valence-electron chi connectivity index (χ1n) is 11.6. The standard InChI is InChI=1S/C25H38N4O/c1-3-15-27-25(29-24-6-4-5-21(17-24)18(2)30)28-23-13-9-20(10-14-23)16-19-7-11-22(26)12-8-19/h3-6,17,19-20,22-23H,1,7-16,26H2,2H3,(H2,27,28,29). The van der Waals surface area contributed by atoms with E-state index >= 15 is 0 Å². The maximum Gasteiger partial charge on any atom is 0.196 e. The van der Waals surface area contributed by atoms with Crippen molar-refractivity contribution in [2.75, 3.05) is 11.9 Å². The Morgan fingerprint density at radius 3 is 2.43 bits per heavy atom. The lowest BCUT2D eigenvalue weighted by molar-refractivity contribution is 0.101. The first-order chi connectivity index (χ1) is 14.5. The number of carbonyl (C=O) groups excluding carboxylic acids is 1. The van der Waals surface area contributed by atoms with Gasteiger partial charge in [-0.25, -0.2) is 4.99 Å². The number of carbonyl (C=O) groups is 1. The van der Waals surface area contributed by atoms with Crippen molar-refractivity contribution in [3.8, 4) is 0 Å². The summed E-state index contributed by atoms with van der Waals surface area (Å²) in [7, 11) is 0. The average molecular weight is 411 g/mol. The van der Waals surface area contributed by atoms with Gasteiger partial charge in [0.05, 0.1) is 6.54 Å². The molecule has 1 aromatic carbocycles. The highest BCUT2D eigenvalue weighted by molar-refractivity contribution is 5.98. The predicted molar refractivity (Wildman–Crippen MR) is 126 cm³/mol. The third-order valence-electron chi connectivity index (χ3n) is 6.66. The summed E-state index contributed by atoms with van der Waals surface area (Å²) < 4.78 is 0. The smallest absolute Gasteiger partial charge is 0.196 e. The Bertz CT molecular complexity index is 728. The summed E-state index contributed by atoms with van der Waals surface area (Å²) in [5.74, 6) is 2.57. The largest absolute Gasteiger partial charge is 0.353 e. The Kier molecular flexibility index (Phi) is 8.50. The van der Waals surface area contributed by atoms with Crippen molar-refractivity contribution < 1.29 is 4.79 Å². The number of nitrogens with two attached hydrogens (primary N) is 1. The number of guanidine groups is 1. The number of anilines is 1. The molecule has 0 atom stereocenters. The third kappa shape index (κ3) is 6.98. The highest BCUT2D eigenvalue weighted by atomic mass is 16.1. The monoisotopic (exact) mass is 410 g/mol. The van der Waals surface area contributed by atoms with Crippen LogP contribution in [-0.4, -0.2) is 30.4 Å². The van der Waals surface area contributed by atoms with Crippen molar-refractivity contribution in [3.05, 3.63) is 42.5 Å². The zero-order valence-electron chi connectivity index (χ0n) is 18.4. The number of rotatable bonds is 7. The second kappa shape index (κ2) is 11.3. The van der Waals surface area contributed by atoms with Gasteiger partial charge in [-0.3, -0.25) is 4.79 Å². The quantitative estimate of drug-likeness (QED) is 0.258. The first kappa shape index (κ1) is 22.5. The molecule has 0 saturated heterocycles. The molecule has 2 aliphatic carbocycles. The van der Waals surface area contributed by atoms with E-state index in [1.165, 1.54) is 57.8 Å². The molecule has 4 N–H and O–H groups in total. The van der Waals surface area contributed by atoms with Gasteiger partial charge >= 0.3 is 0 Å². The van der Waals surface area contributed by atoms with Crippen LogP contribution in [0.4, 0.5) is 5.69 Å². The molecular formula is C25H38N4O. The summed E-state index contributed by atoms with van der Waals surface area (Å²) >= 11 is 0. The van der Waals surface area contributed by atoms with Gasteiger partial charge in [0.15, 0.2) is 11.7 Å². The number of benzene rings is 1. The molecule has 0 unspecified atom stereocenters. The van der Waals surface area contributed by atoms with Crippen LogP contribution >= 0.6 is 0 Å². The lowest BCUT2D eigenvalue weighted by Crippen LogP contribution is -2.41. The van der Waals surface area contributed by atoms with Crippen LogP contribution in [0.2, 0.25) is 0 Å². The van der Waals surface area contributed by atoms with Crippen LogP contribution in [0.3, 0.4) is 0 Å². The summed E-state index contributed by atoms with van der Waals surface area (Å²) in [6, 6.07) is 8.45. The molecular weight excluding hydrogens is 372 g/mol. The summed E-state index contributed by atoms with van der Waals surface area (Å²) in [4.78, 5) is 16.3. The van der Waals surface area contributed by atoms with E-state index in [0.717, 1.165) is 23.5 Å². The molecule has 2 aliphatic rings. The number of aliphatic imine (C=N–C) groups is 1. The van der Waals surface area contributed by atoms with E-state index < -0.39 is 0 Å². The van der Waals surface area contributed by atoms with Crippen LogP contribution in [0.1, 0.15) is 75.1 Å². The molecule has 0 spiro atoms. The van der Waals surface area contributed by atoms with Crippen molar-refractivity contribution in [2.45, 2.75) is 76.8 Å². The fourth-order valence-corrected chi connectivity index (χ4v) is 4.86. The molecule has 5 nitrogen and oxygen atoms in total. The van der Waals surface area contributed by atoms with Crippen LogP contribution in [0, 0.1) is 11.8 Å². The van der Waals surface area contributed by atoms with E-state index in [1.54, 1.807) is 13.0 Å². The summed E-state index contributed by atoms with van der Waals surface area (Å²) in [5, 5.41) is 6.97. The number of hydrogen-bond donors (Lipinski definition) is 3. The minimum absolute atomic E-state index is 0.0643. The summed E-state index contributed by atoms with van der Waals surface area (Å²) in [5.41, 5.74) is 7.64. The van der Waals surface area contributed by atoms with Crippen molar-refractivity contribution in [3.63, 3.8) is 0 Å². The molecule has 30 heavy (non-hydrogen) atoms. The second-order valence-corrected chi connectivity index (χ2v) is 9.12. The minimum atomic E-state index is 0.0643. The van der Waals surface area contributed by atoms with E-state index in [2.05, 4.69) is 22.2 Å². The van der Waals surface area contributed by atoms with Gasteiger partial charge in [0, 0.05) is 23.3 Å². The van der Waals surface area contributed by atoms with E-state index in [0.29, 0.717) is 24.2 Å². The van der Waals surface area contributed by atoms with E-state index in [9.17, 15) is 4.79 Å². The van der Waals surface area contributed by atoms with Crippen LogP contribution in [-0.2, 0) is 0 Å². The van der Waals surface area contributed by atoms with Crippen molar-refractivity contribution in [2.24, 2.45) is 22.6 Å². The molecule has 0 radical (unpaired) electrons. The van der Waals surface area contributed by atoms with Crippen LogP contribution < -0.4 is 16.4 Å². The number of ketones is 1. The highest BCUT2D eigenvalue weighted by Gasteiger charge is 2.26. The van der Waals surface area contributed by atoms with E-state index in [4.69, 9.17) is 5.73 Å². The molecule has 0 heterocycles. The lowest BCUT2D eigenvalue weighted by atomic mass is 9.76. The van der Waals surface area contributed by atoms with Crippen LogP contribution in [0.25, 0.3) is 0 Å². The van der Waals surface area contributed by atoms with Crippen molar-refractivity contribution in [1.82, 2.24) is 5.32 Å². The normalized spacial score (nSPS) is 27.3. The molecule has 0 bridgehead atoms. The average Bonchev–Trinajstić information content (AvgIpc) is 2.75. The number of Topliss-reactive ketones (excluding diaryl/α,β-unsaturated/α-hetero) is 1. The van der Waals surface area contributed by atoms with Gasteiger partial charge in [-0.05, 0) is 88.7 Å². The Balaban J connectivity index is 1.50. The highest BCUT2D eigenvalue weighted by Crippen LogP contribution is 2.35. The minimum Gasteiger partial charge on any atom is -0.353 e. The lowest BCUT2D eigenvalue weighted by Gasteiger charge is -2.34.